The van der Waals surface area contributed by atoms with Crippen LogP contribution < -0.4 is 10.6 Å². The van der Waals surface area contributed by atoms with E-state index in [4.69, 9.17) is 5.11 Å². The van der Waals surface area contributed by atoms with Crippen LogP contribution in [0.5, 0.6) is 0 Å². The summed E-state index contributed by atoms with van der Waals surface area (Å²) < 4.78 is 0. The number of thiophene rings is 1. The number of carbonyl (C=O) groups excluding carboxylic acids is 2. The maximum atomic E-state index is 11.4. The number of aliphatic hydroxyl groups is 1. The van der Waals surface area contributed by atoms with Gasteiger partial charge in [-0.05, 0) is 18.4 Å². The lowest BCUT2D eigenvalue weighted by atomic mass is 10.3. The second kappa shape index (κ2) is 6.24. The summed E-state index contributed by atoms with van der Waals surface area (Å²) >= 11 is 1.32. The lowest BCUT2D eigenvalue weighted by Crippen LogP contribution is -2.42. The molecule has 0 fully saturated rings. The van der Waals surface area contributed by atoms with E-state index >= 15 is 0 Å². The maximum absolute atomic E-state index is 11.4. The standard InChI is InChI=1S/C10H14N2O3S/c1-7(6-13)12-9(14)5-11-10(15)8-3-2-4-16-8/h2-4,7,13H,5-6H2,1H3,(H,11,15)(H,12,14)/t7-/m0/s1. The minimum Gasteiger partial charge on any atom is -0.394 e. The molecule has 0 saturated heterocycles. The molecule has 3 N–H and O–H groups in total. The van der Waals surface area contributed by atoms with E-state index < -0.39 is 0 Å². The van der Waals surface area contributed by atoms with Crippen molar-refractivity contribution in [3.63, 3.8) is 0 Å². The molecule has 1 aromatic heterocycles. The first kappa shape index (κ1) is 12.7. The van der Waals surface area contributed by atoms with Gasteiger partial charge in [0.1, 0.15) is 0 Å². The number of nitrogens with one attached hydrogen (secondary N) is 2. The molecule has 0 spiro atoms. The van der Waals surface area contributed by atoms with Crippen molar-refractivity contribution in [2.24, 2.45) is 0 Å². The smallest absolute Gasteiger partial charge is 0.261 e. The molecule has 0 aliphatic carbocycles. The summed E-state index contributed by atoms with van der Waals surface area (Å²) in [5.74, 6) is -0.576. The zero-order chi connectivity index (χ0) is 12.0. The molecule has 0 radical (unpaired) electrons. The van der Waals surface area contributed by atoms with Crippen molar-refractivity contribution in [2.75, 3.05) is 13.2 Å². The topological polar surface area (TPSA) is 78.4 Å². The molecular formula is C10H14N2O3S. The average molecular weight is 242 g/mol. The van der Waals surface area contributed by atoms with Gasteiger partial charge in [-0.1, -0.05) is 6.07 Å². The molecule has 0 bridgehead atoms. The third-order valence-corrected chi connectivity index (χ3v) is 2.70. The zero-order valence-corrected chi connectivity index (χ0v) is 9.71. The first-order valence-corrected chi connectivity index (χ1v) is 5.73. The Hall–Kier alpha value is -1.40. The van der Waals surface area contributed by atoms with Gasteiger partial charge in [0.05, 0.1) is 18.0 Å². The summed E-state index contributed by atoms with van der Waals surface area (Å²) in [4.78, 5) is 23.3. The summed E-state index contributed by atoms with van der Waals surface area (Å²) in [7, 11) is 0. The second-order valence-electron chi connectivity index (χ2n) is 3.31. The molecule has 1 atom stereocenters. The van der Waals surface area contributed by atoms with Crippen molar-refractivity contribution in [1.82, 2.24) is 10.6 Å². The van der Waals surface area contributed by atoms with Crippen molar-refractivity contribution in [3.8, 4) is 0 Å². The van der Waals surface area contributed by atoms with Crippen LogP contribution in [0.1, 0.15) is 16.6 Å². The number of amides is 2. The van der Waals surface area contributed by atoms with Crippen LogP contribution in [0.15, 0.2) is 17.5 Å². The van der Waals surface area contributed by atoms with Crippen LogP contribution in [0.25, 0.3) is 0 Å². The van der Waals surface area contributed by atoms with Gasteiger partial charge in [-0.3, -0.25) is 9.59 Å². The summed E-state index contributed by atoms with van der Waals surface area (Å²) in [5.41, 5.74) is 0. The lowest BCUT2D eigenvalue weighted by Gasteiger charge is -2.10. The molecule has 6 heteroatoms. The van der Waals surface area contributed by atoms with Gasteiger partial charge in [0.2, 0.25) is 5.91 Å². The number of rotatable bonds is 5. The van der Waals surface area contributed by atoms with Crippen LogP contribution in [0, 0.1) is 0 Å². The van der Waals surface area contributed by atoms with Crippen LogP contribution in [-0.4, -0.2) is 36.1 Å². The SMILES string of the molecule is C[C@@H](CO)NC(=O)CNC(=O)c1cccs1. The van der Waals surface area contributed by atoms with E-state index in [9.17, 15) is 9.59 Å². The first-order chi connectivity index (χ1) is 7.63. The van der Waals surface area contributed by atoms with E-state index in [1.54, 1.807) is 24.4 Å². The van der Waals surface area contributed by atoms with Gasteiger partial charge in [0, 0.05) is 6.04 Å². The molecule has 5 nitrogen and oxygen atoms in total. The maximum Gasteiger partial charge on any atom is 0.261 e. The highest BCUT2D eigenvalue weighted by molar-refractivity contribution is 7.12. The predicted octanol–water partition coefficient (Wildman–Crippen LogP) is -0.0251. The molecular weight excluding hydrogens is 228 g/mol. The average Bonchev–Trinajstić information content (AvgIpc) is 2.79. The minimum absolute atomic E-state index is 0.0823. The number of hydrogen-bond donors (Lipinski definition) is 3. The van der Waals surface area contributed by atoms with Gasteiger partial charge in [-0.15, -0.1) is 11.3 Å². The van der Waals surface area contributed by atoms with Gasteiger partial charge in [0.15, 0.2) is 0 Å². The number of carbonyl (C=O) groups is 2. The Labute approximate surface area is 97.5 Å². The highest BCUT2D eigenvalue weighted by atomic mass is 32.1. The minimum atomic E-state index is -0.313. The summed E-state index contributed by atoms with van der Waals surface area (Å²) in [5, 5.41) is 15.5. The second-order valence-corrected chi connectivity index (χ2v) is 4.26. The zero-order valence-electron chi connectivity index (χ0n) is 8.90. The van der Waals surface area contributed by atoms with E-state index in [0.717, 1.165) is 0 Å². The van der Waals surface area contributed by atoms with Crippen molar-refractivity contribution < 1.29 is 14.7 Å². The molecule has 88 valence electrons. The Kier molecular flexibility index (Phi) is 4.94. The van der Waals surface area contributed by atoms with Crippen LogP contribution in [0.4, 0.5) is 0 Å². The Bertz CT molecular complexity index is 351. The number of aliphatic hydroxyl groups excluding tert-OH is 1. The predicted molar refractivity (Wildman–Crippen MR) is 61.3 cm³/mol. The Balaban J connectivity index is 2.29. The van der Waals surface area contributed by atoms with Crippen LogP contribution >= 0.6 is 11.3 Å². The molecule has 1 aromatic rings. The third kappa shape index (κ3) is 4.00. The fourth-order valence-corrected chi connectivity index (χ4v) is 1.67. The third-order valence-electron chi connectivity index (χ3n) is 1.84. The Morgan fingerprint density at radius 2 is 2.31 bits per heavy atom. The fraction of sp³-hybridized carbons (Fsp3) is 0.400. The first-order valence-electron chi connectivity index (χ1n) is 4.85. The van der Waals surface area contributed by atoms with Crippen molar-refractivity contribution in [2.45, 2.75) is 13.0 Å². The van der Waals surface area contributed by atoms with E-state index in [1.165, 1.54) is 11.3 Å². The van der Waals surface area contributed by atoms with Gasteiger partial charge in [0.25, 0.3) is 5.91 Å². The Morgan fingerprint density at radius 3 is 2.88 bits per heavy atom. The monoisotopic (exact) mass is 242 g/mol. The molecule has 0 unspecified atom stereocenters. The van der Waals surface area contributed by atoms with Gasteiger partial charge in [-0.25, -0.2) is 0 Å². The molecule has 2 amide bonds. The van der Waals surface area contributed by atoms with Crippen LogP contribution in [0.2, 0.25) is 0 Å². The van der Waals surface area contributed by atoms with Crippen LogP contribution in [0.3, 0.4) is 0 Å². The molecule has 0 saturated carbocycles. The van der Waals surface area contributed by atoms with E-state index in [2.05, 4.69) is 10.6 Å². The van der Waals surface area contributed by atoms with Crippen molar-refractivity contribution >= 4 is 23.2 Å². The van der Waals surface area contributed by atoms with E-state index in [0.29, 0.717) is 4.88 Å². The summed E-state index contributed by atoms with van der Waals surface area (Å²) in [6.45, 7) is 1.48. The molecule has 1 rings (SSSR count). The van der Waals surface area contributed by atoms with E-state index in [-0.39, 0.29) is 31.0 Å². The molecule has 0 aliphatic rings. The highest BCUT2D eigenvalue weighted by Gasteiger charge is 2.09. The van der Waals surface area contributed by atoms with Crippen molar-refractivity contribution in [1.29, 1.82) is 0 Å². The van der Waals surface area contributed by atoms with Crippen LogP contribution in [-0.2, 0) is 4.79 Å². The van der Waals surface area contributed by atoms with Gasteiger partial charge >= 0.3 is 0 Å². The van der Waals surface area contributed by atoms with Gasteiger partial charge < -0.3 is 15.7 Å². The molecule has 0 aliphatic heterocycles. The quantitative estimate of drug-likeness (QED) is 0.678. The lowest BCUT2D eigenvalue weighted by molar-refractivity contribution is -0.121. The molecule has 1 heterocycles. The summed E-state index contributed by atoms with van der Waals surface area (Å²) in [6, 6.07) is 3.16. The van der Waals surface area contributed by atoms with Gasteiger partial charge in [-0.2, -0.15) is 0 Å². The summed E-state index contributed by atoms with van der Waals surface area (Å²) in [6.07, 6.45) is 0. The largest absolute Gasteiger partial charge is 0.394 e. The Morgan fingerprint density at radius 1 is 1.56 bits per heavy atom. The van der Waals surface area contributed by atoms with Crippen molar-refractivity contribution in [3.05, 3.63) is 22.4 Å². The fourth-order valence-electron chi connectivity index (χ4n) is 1.03. The molecule has 0 aromatic carbocycles. The normalized spacial score (nSPS) is 11.9. The number of hydrogen-bond acceptors (Lipinski definition) is 4. The molecule has 16 heavy (non-hydrogen) atoms. The van der Waals surface area contributed by atoms with E-state index in [1.807, 2.05) is 0 Å². The highest BCUT2D eigenvalue weighted by Crippen LogP contribution is 2.07.